The van der Waals surface area contributed by atoms with Gasteiger partial charge in [-0.15, -0.1) is 0 Å². The van der Waals surface area contributed by atoms with E-state index in [0.29, 0.717) is 5.56 Å². The lowest BCUT2D eigenvalue weighted by Crippen LogP contribution is -2.12. The van der Waals surface area contributed by atoms with E-state index < -0.39 is 21.8 Å². The van der Waals surface area contributed by atoms with Crippen molar-refractivity contribution in [3.63, 3.8) is 0 Å². The molecule has 6 nitrogen and oxygen atoms in total. The van der Waals surface area contributed by atoms with Crippen LogP contribution in [-0.4, -0.2) is 25.7 Å². The van der Waals surface area contributed by atoms with E-state index in [1.54, 1.807) is 0 Å². The van der Waals surface area contributed by atoms with Gasteiger partial charge in [0.05, 0.1) is 28.4 Å². The van der Waals surface area contributed by atoms with Crippen molar-refractivity contribution in [2.45, 2.75) is 13.0 Å². The van der Waals surface area contributed by atoms with E-state index in [-0.39, 0.29) is 40.1 Å². The minimum Gasteiger partial charge on any atom is -0.486 e. The van der Waals surface area contributed by atoms with E-state index in [2.05, 4.69) is 4.72 Å². The predicted molar refractivity (Wildman–Crippen MR) is 97.0 cm³/mol. The summed E-state index contributed by atoms with van der Waals surface area (Å²) in [7, 11) is -3.63. The summed E-state index contributed by atoms with van der Waals surface area (Å²) in [6.07, 6.45) is 0.654. The number of benzene rings is 2. The lowest BCUT2D eigenvalue weighted by atomic mass is 10.1. The summed E-state index contributed by atoms with van der Waals surface area (Å²) in [4.78, 5) is 10.7. The molecule has 140 valence electrons. The molecule has 0 aliphatic rings. The highest BCUT2D eigenvalue weighted by Gasteiger charge is 2.15. The summed E-state index contributed by atoms with van der Waals surface area (Å²) >= 11 is 12.1. The molecule has 26 heavy (non-hydrogen) atoms. The van der Waals surface area contributed by atoms with Gasteiger partial charge >= 0.3 is 5.97 Å². The molecule has 0 unspecified atom stereocenters. The fourth-order valence-corrected chi connectivity index (χ4v) is 3.35. The minimum atomic E-state index is -3.63. The zero-order valence-electron chi connectivity index (χ0n) is 13.4. The lowest BCUT2D eigenvalue weighted by Gasteiger charge is -2.13. The van der Waals surface area contributed by atoms with E-state index in [9.17, 15) is 17.6 Å². The van der Waals surface area contributed by atoms with Crippen molar-refractivity contribution in [3.8, 4) is 5.75 Å². The molecule has 0 aromatic heterocycles. The molecule has 0 saturated carbocycles. The standard InChI is InChI=1S/C16H14Cl2FNO5S/c1-26(23,24)20-13-4-2-3-10(15(13)19)8-25-16-11(17)5-9(6-12(16)18)7-14(21)22/h2-6,20H,7-8H2,1H3,(H,21,22). The molecule has 0 radical (unpaired) electrons. The first-order valence-electron chi connectivity index (χ1n) is 7.14. The minimum absolute atomic E-state index is 0.0725. The Hall–Kier alpha value is -2.03. The molecular formula is C16H14Cl2FNO5S. The number of anilines is 1. The molecule has 2 N–H and O–H groups in total. The van der Waals surface area contributed by atoms with Gasteiger partial charge in [0.2, 0.25) is 10.0 Å². The second-order valence-corrected chi connectivity index (χ2v) is 7.96. The number of carbonyl (C=O) groups is 1. The van der Waals surface area contributed by atoms with Gasteiger partial charge in [-0.3, -0.25) is 9.52 Å². The molecule has 10 heteroatoms. The number of halogens is 3. The van der Waals surface area contributed by atoms with Crippen LogP contribution in [-0.2, 0) is 27.8 Å². The highest BCUT2D eigenvalue weighted by atomic mass is 35.5. The summed E-state index contributed by atoms with van der Waals surface area (Å²) in [5.41, 5.74) is 0.272. The second kappa shape index (κ2) is 8.11. The van der Waals surface area contributed by atoms with Crippen LogP contribution in [0.1, 0.15) is 11.1 Å². The number of ether oxygens (including phenoxy) is 1. The quantitative estimate of drug-likeness (QED) is 0.710. The first kappa shape index (κ1) is 20.3. The Labute approximate surface area is 159 Å². The van der Waals surface area contributed by atoms with Gasteiger partial charge in [-0.2, -0.15) is 0 Å². The number of aliphatic carboxylic acids is 1. The van der Waals surface area contributed by atoms with E-state index in [1.807, 2.05) is 0 Å². The van der Waals surface area contributed by atoms with Crippen LogP contribution in [0.4, 0.5) is 10.1 Å². The maximum Gasteiger partial charge on any atom is 0.307 e. The van der Waals surface area contributed by atoms with E-state index in [0.717, 1.165) is 6.26 Å². The van der Waals surface area contributed by atoms with Crippen molar-refractivity contribution in [2.24, 2.45) is 0 Å². The predicted octanol–water partition coefficient (Wildman–Crippen LogP) is 3.71. The SMILES string of the molecule is CS(=O)(=O)Nc1cccc(COc2c(Cl)cc(CC(=O)O)cc2Cl)c1F. The average molecular weight is 422 g/mol. The first-order chi connectivity index (χ1) is 12.1. The topological polar surface area (TPSA) is 92.7 Å². The van der Waals surface area contributed by atoms with Crippen LogP contribution in [0, 0.1) is 5.82 Å². The number of carboxylic acids is 1. The lowest BCUT2D eigenvalue weighted by molar-refractivity contribution is -0.136. The van der Waals surface area contributed by atoms with Crippen molar-refractivity contribution >= 4 is 44.9 Å². The molecule has 0 bridgehead atoms. The summed E-state index contributed by atoms with van der Waals surface area (Å²) in [5, 5.41) is 8.97. The largest absolute Gasteiger partial charge is 0.486 e. The second-order valence-electron chi connectivity index (χ2n) is 5.40. The molecule has 0 atom stereocenters. The fourth-order valence-electron chi connectivity index (χ4n) is 2.15. The van der Waals surface area contributed by atoms with Gasteiger partial charge in [0.15, 0.2) is 11.6 Å². The van der Waals surface area contributed by atoms with Crippen molar-refractivity contribution < 1.29 is 27.4 Å². The Morgan fingerprint density at radius 1 is 1.27 bits per heavy atom. The third-order valence-electron chi connectivity index (χ3n) is 3.16. The normalized spacial score (nSPS) is 11.2. The van der Waals surface area contributed by atoms with E-state index >= 15 is 0 Å². The average Bonchev–Trinajstić information content (AvgIpc) is 2.47. The van der Waals surface area contributed by atoms with Crippen LogP contribution in [0.5, 0.6) is 5.75 Å². The fraction of sp³-hybridized carbons (Fsp3) is 0.188. The van der Waals surface area contributed by atoms with Crippen LogP contribution >= 0.6 is 23.2 Å². The highest BCUT2D eigenvalue weighted by Crippen LogP contribution is 2.35. The molecule has 0 amide bonds. The van der Waals surface area contributed by atoms with Crippen LogP contribution < -0.4 is 9.46 Å². The smallest absolute Gasteiger partial charge is 0.307 e. The Morgan fingerprint density at radius 2 is 1.88 bits per heavy atom. The third-order valence-corrected chi connectivity index (χ3v) is 4.31. The maximum atomic E-state index is 14.4. The Morgan fingerprint density at radius 3 is 2.42 bits per heavy atom. The van der Waals surface area contributed by atoms with E-state index in [4.69, 9.17) is 33.0 Å². The highest BCUT2D eigenvalue weighted by molar-refractivity contribution is 7.92. The van der Waals surface area contributed by atoms with Gasteiger partial charge in [-0.05, 0) is 23.8 Å². The summed E-state index contributed by atoms with van der Waals surface area (Å²) in [6.45, 7) is -0.261. The Bertz CT molecular complexity index is 927. The zero-order valence-corrected chi connectivity index (χ0v) is 15.8. The van der Waals surface area contributed by atoms with Gasteiger partial charge in [-0.1, -0.05) is 35.3 Å². The molecule has 2 rings (SSSR count). The molecule has 0 heterocycles. The van der Waals surface area contributed by atoms with Gasteiger partial charge < -0.3 is 9.84 Å². The number of sulfonamides is 1. The van der Waals surface area contributed by atoms with Gasteiger partial charge in [0.1, 0.15) is 6.61 Å². The Kier molecular flexibility index (Phi) is 6.33. The van der Waals surface area contributed by atoms with Crippen LogP contribution in [0.25, 0.3) is 0 Å². The van der Waals surface area contributed by atoms with Crippen LogP contribution in [0.2, 0.25) is 10.0 Å². The molecular weight excluding hydrogens is 408 g/mol. The number of hydrogen-bond donors (Lipinski definition) is 2. The molecule has 0 aliphatic heterocycles. The van der Waals surface area contributed by atoms with Gasteiger partial charge in [-0.25, -0.2) is 12.8 Å². The number of nitrogens with one attached hydrogen (secondary N) is 1. The first-order valence-corrected chi connectivity index (χ1v) is 9.79. The maximum absolute atomic E-state index is 14.4. The number of hydrogen-bond acceptors (Lipinski definition) is 4. The summed E-state index contributed by atoms with van der Waals surface area (Å²) in [5.74, 6) is -1.75. The van der Waals surface area contributed by atoms with Crippen molar-refractivity contribution in [1.29, 1.82) is 0 Å². The van der Waals surface area contributed by atoms with Crippen molar-refractivity contribution in [2.75, 3.05) is 11.0 Å². The third kappa shape index (κ3) is 5.48. The molecule has 0 spiro atoms. The van der Waals surface area contributed by atoms with Crippen molar-refractivity contribution in [3.05, 3.63) is 57.3 Å². The molecule has 0 fully saturated rings. The summed E-state index contributed by atoms with van der Waals surface area (Å²) in [6, 6.07) is 6.96. The zero-order chi connectivity index (χ0) is 19.5. The van der Waals surface area contributed by atoms with Crippen LogP contribution in [0.15, 0.2) is 30.3 Å². The molecule has 2 aromatic carbocycles. The Balaban J connectivity index is 2.21. The number of carboxylic acid groups (broad SMARTS) is 1. The molecule has 2 aromatic rings. The van der Waals surface area contributed by atoms with Gasteiger partial charge in [0, 0.05) is 5.56 Å². The van der Waals surface area contributed by atoms with E-state index in [1.165, 1.54) is 30.3 Å². The van der Waals surface area contributed by atoms with Crippen LogP contribution in [0.3, 0.4) is 0 Å². The number of rotatable bonds is 7. The monoisotopic (exact) mass is 421 g/mol. The molecule has 0 aliphatic carbocycles. The molecule has 0 saturated heterocycles. The van der Waals surface area contributed by atoms with Crippen molar-refractivity contribution in [1.82, 2.24) is 0 Å². The summed E-state index contributed by atoms with van der Waals surface area (Å²) < 4.78 is 44.4. The van der Waals surface area contributed by atoms with Gasteiger partial charge in [0.25, 0.3) is 0 Å².